The third kappa shape index (κ3) is 15.4. The molecule has 1 amide bonds. The molecule has 0 aromatic heterocycles. The summed E-state index contributed by atoms with van der Waals surface area (Å²) < 4.78 is 0. The van der Waals surface area contributed by atoms with Gasteiger partial charge in [0.15, 0.2) is 5.78 Å². The van der Waals surface area contributed by atoms with E-state index in [1.807, 2.05) is 0 Å². The molecule has 0 fully saturated rings. The number of nitrogens with one attached hydrogen (secondary N) is 2. The summed E-state index contributed by atoms with van der Waals surface area (Å²) >= 11 is 0. The minimum Gasteiger partial charge on any atom is -0.346 e. The lowest BCUT2D eigenvalue weighted by atomic mass is 9.98. The highest BCUT2D eigenvalue weighted by molar-refractivity contribution is 5.88. The molecule has 2 N–H and O–H groups in total. The lowest BCUT2D eigenvalue weighted by molar-refractivity contribution is -0.128. The van der Waals surface area contributed by atoms with E-state index in [1.54, 1.807) is 0 Å². The van der Waals surface area contributed by atoms with Crippen LogP contribution < -0.4 is 10.6 Å². The third-order valence-corrected chi connectivity index (χ3v) is 4.60. The molecule has 0 bridgehead atoms. The summed E-state index contributed by atoms with van der Waals surface area (Å²) in [6, 6.07) is 0.192. The van der Waals surface area contributed by atoms with Gasteiger partial charge in [-0.15, -0.1) is 0 Å². The van der Waals surface area contributed by atoms with Crippen molar-refractivity contribution in [3.05, 3.63) is 0 Å². The average Bonchev–Trinajstić information content (AvgIpc) is 2.54. The summed E-state index contributed by atoms with van der Waals surface area (Å²) in [6.07, 6.45) is 7.94. The second kappa shape index (κ2) is 15.2. The highest BCUT2D eigenvalue weighted by Crippen LogP contribution is 2.12. The molecule has 0 saturated heterocycles. The smallest absolute Gasteiger partial charge is 0.220 e. The number of ketones is 1. The molecule has 1 atom stereocenters. The van der Waals surface area contributed by atoms with Gasteiger partial charge in [-0.05, 0) is 50.5 Å². The van der Waals surface area contributed by atoms with Gasteiger partial charge in [0.1, 0.15) is 0 Å². The van der Waals surface area contributed by atoms with Crippen LogP contribution in [0.1, 0.15) is 99.3 Å². The molecule has 0 unspecified atom stereocenters. The fourth-order valence-electron chi connectivity index (χ4n) is 2.89. The third-order valence-electron chi connectivity index (χ3n) is 4.60. The average molecular weight is 369 g/mol. The molecule has 0 spiro atoms. The number of hydrogen-bond acceptors (Lipinski definition) is 3. The van der Waals surface area contributed by atoms with Gasteiger partial charge in [0.05, 0.1) is 6.04 Å². The molecule has 4 nitrogen and oxygen atoms in total. The first-order chi connectivity index (χ1) is 12.2. The van der Waals surface area contributed by atoms with Crippen LogP contribution in [-0.4, -0.2) is 30.3 Å². The van der Waals surface area contributed by atoms with Gasteiger partial charge in [-0.2, -0.15) is 0 Å². The fraction of sp³-hybridized carbons (Fsp3) is 0.909. The predicted molar refractivity (Wildman–Crippen MR) is 111 cm³/mol. The molecule has 0 aromatic carbocycles. The van der Waals surface area contributed by atoms with Crippen LogP contribution in [0.2, 0.25) is 0 Å². The summed E-state index contributed by atoms with van der Waals surface area (Å²) in [5.74, 6) is 1.43. The highest BCUT2D eigenvalue weighted by atomic mass is 16.2. The van der Waals surface area contributed by atoms with Crippen LogP contribution in [0.15, 0.2) is 0 Å². The number of rotatable bonds is 16. The van der Waals surface area contributed by atoms with Crippen molar-refractivity contribution in [2.24, 2.45) is 11.8 Å². The van der Waals surface area contributed by atoms with E-state index < -0.39 is 0 Å². The zero-order valence-electron chi connectivity index (χ0n) is 18.2. The lowest BCUT2D eigenvalue weighted by Gasteiger charge is -2.19. The molecule has 4 heteroatoms. The van der Waals surface area contributed by atoms with Crippen molar-refractivity contribution in [3.8, 4) is 0 Å². The van der Waals surface area contributed by atoms with Crippen LogP contribution in [-0.2, 0) is 9.59 Å². The first kappa shape index (κ1) is 25.1. The summed E-state index contributed by atoms with van der Waals surface area (Å²) in [7, 11) is 0. The second-order valence-corrected chi connectivity index (χ2v) is 8.76. The molecule has 0 aromatic rings. The molecular formula is C22H44N2O2. The van der Waals surface area contributed by atoms with Gasteiger partial charge in [-0.25, -0.2) is 0 Å². The van der Waals surface area contributed by atoms with Gasteiger partial charge >= 0.3 is 0 Å². The zero-order chi connectivity index (χ0) is 19.9. The van der Waals surface area contributed by atoms with Crippen molar-refractivity contribution in [1.82, 2.24) is 10.6 Å². The van der Waals surface area contributed by atoms with Crippen LogP contribution in [0.5, 0.6) is 0 Å². The second-order valence-electron chi connectivity index (χ2n) is 8.76. The Kier molecular flexibility index (Phi) is 14.7. The molecule has 26 heavy (non-hydrogen) atoms. The number of unbranched alkanes of at least 4 members (excludes halogenated alkanes) is 2. The normalized spacial score (nSPS) is 12.8. The molecule has 0 rings (SSSR count). The van der Waals surface area contributed by atoms with E-state index in [2.05, 4.69) is 52.2 Å². The standard InChI is InChI=1S/C22H44N2O2/c1-17(2)11-7-8-13-21(25)20(12-9-10-16-23-19(5)6)24-22(26)15-14-18(3)4/h17-20,23H,7-16H2,1-6H3,(H,24,26)/t20-/m0/s1. The monoisotopic (exact) mass is 368 g/mol. The first-order valence-electron chi connectivity index (χ1n) is 10.8. The SMILES string of the molecule is CC(C)CCCCC(=O)[C@H](CCCCNC(C)C)NC(=O)CCC(C)C. The van der Waals surface area contributed by atoms with E-state index in [9.17, 15) is 9.59 Å². The van der Waals surface area contributed by atoms with E-state index in [0.29, 0.717) is 30.7 Å². The first-order valence-corrected chi connectivity index (χ1v) is 10.8. The van der Waals surface area contributed by atoms with Crippen LogP contribution in [0.3, 0.4) is 0 Å². The maximum Gasteiger partial charge on any atom is 0.220 e. The Morgan fingerprint density at radius 2 is 1.35 bits per heavy atom. The minimum absolute atomic E-state index is 0.0273. The quantitative estimate of drug-likeness (QED) is 0.382. The summed E-state index contributed by atoms with van der Waals surface area (Å²) in [5.41, 5.74) is 0. The van der Waals surface area contributed by atoms with E-state index in [4.69, 9.17) is 0 Å². The van der Waals surface area contributed by atoms with Crippen LogP contribution in [0, 0.1) is 11.8 Å². The maximum atomic E-state index is 12.6. The van der Waals surface area contributed by atoms with Crippen molar-refractivity contribution in [2.75, 3.05) is 6.54 Å². The molecule has 0 saturated carbocycles. The molecule has 154 valence electrons. The van der Waals surface area contributed by atoms with Crippen molar-refractivity contribution in [1.29, 1.82) is 0 Å². The van der Waals surface area contributed by atoms with Crippen molar-refractivity contribution >= 4 is 11.7 Å². The van der Waals surface area contributed by atoms with Crippen LogP contribution in [0.25, 0.3) is 0 Å². The number of Topliss-reactive ketones (excluding diaryl/α,β-unsaturated/α-hetero) is 1. The number of amides is 1. The van der Waals surface area contributed by atoms with Crippen molar-refractivity contribution in [3.63, 3.8) is 0 Å². The summed E-state index contributed by atoms with van der Waals surface area (Å²) in [5, 5.41) is 6.41. The van der Waals surface area contributed by atoms with E-state index in [-0.39, 0.29) is 17.7 Å². The van der Waals surface area contributed by atoms with Crippen molar-refractivity contribution in [2.45, 2.75) is 111 Å². The largest absolute Gasteiger partial charge is 0.346 e. The predicted octanol–water partition coefficient (Wildman–Crippen LogP) is 4.86. The van der Waals surface area contributed by atoms with Crippen LogP contribution >= 0.6 is 0 Å². The van der Waals surface area contributed by atoms with E-state index >= 15 is 0 Å². The van der Waals surface area contributed by atoms with Gasteiger partial charge < -0.3 is 10.6 Å². The van der Waals surface area contributed by atoms with Gasteiger partial charge in [0.25, 0.3) is 0 Å². The Morgan fingerprint density at radius 1 is 0.731 bits per heavy atom. The fourth-order valence-corrected chi connectivity index (χ4v) is 2.89. The number of hydrogen-bond donors (Lipinski definition) is 2. The molecule has 0 radical (unpaired) electrons. The van der Waals surface area contributed by atoms with Crippen LogP contribution in [0.4, 0.5) is 0 Å². The zero-order valence-corrected chi connectivity index (χ0v) is 18.2. The topological polar surface area (TPSA) is 58.2 Å². The number of carbonyl (C=O) groups is 2. The Labute approximate surface area is 162 Å². The Balaban J connectivity index is 4.36. The van der Waals surface area contributed by atoms with Gasteiger partial charge in [-0.1, -0.05) is 54.4 Å². The Hall–Kier alpha value is -0.900. The van der Waals surface area contributed by atoms with E-state index in [0.717, 1.165) is 45.1 Å². The summed E-state index contributed by atoms with van der Waals surface area (Å²) in [6.45, 7) is 13.9. The highest BCUT2D eigenvalue weighted by Gasteiger charge is 2.20. The Morgan fingerprint density at radius 3 is 1.92 bits per heavy atom. The lowest BCUT2D eigenvalue weighted by Crippen LogP contribution is -2.41. The summed E-state index contributed by atoms with van der Waals surface area (Å²) in [4.78, 5) is 24.8. The van der Waals surface area contributed by atoms with Gasteiger partial charge in [0, 0.05) is 18.9 Å². The molecular weight excluding hydrogens is 324 g/mol. The van der Waals surface area contributed by atoms with E-state index in [1.165, 1.54) is 6.42 Å². The van der Waals surface area contributed by atoms with Gasteiger partial charge in [-0.3, -0.25) is 9.59 Å². The molecule has 0 aliphatic heterocycles. The minimum atomic E-state index is -0.298. The molecule has 0 heterocycles. The maximum absolute atomic E-state index is 12.6. The number of carbonyl (C=O) groups excluding carboxylic acids is 2. The van der Waals surface area contributed by atoms with Gasteiger partial charge in [0.2, 0.25) is 5.91 Å². The Bertz CT molecular complexity index is 378. The molecule has 0 aliphatic carbocycles. The van der Waals surface area contributed by atoms with Crippen molar-refractivity contribution < 1.29 is 9.59 Å². The molecule has 0 aliphatic rings.